The molecule has 0 aliphatic rings. The molecule has 0 unspecified atom stereocenters. The molecule has 1 N–H and O–H groups in total. The molecule has 2 amide bonds. The Morgan fingerprint density at radius 1 is 0.914 bits per heavy atom. The van der Waals surface area contributed by atoms with Gasteiger partial charge in [0.05, 0.1) is 6.42 Å². The number of nitrogens with zero attached hydrogens (tertiary/aromatic N) is 1. The standard InChI is InChI=1S/C30H35ClN2O2/c1-21-11-12-22(2)25(17-21)19-28(34)33(20-24-13-15-26(31)16-14-24)27(29(35)32-30(3,4)5)18-23-9-7-6-8-10-23/h6-17,27H,18-20H2,1-5H3,(H,32,35)/t27-/m0/s1. The average Bonchev–Trinajstić information content (AvgIpc) is 2.79. The molecular weight excluding hydrogens is 456 g/mol. The fourth-order valence-electron chi connectivity index (χ4n) is 4.05. The van der Waals surface area contributed by atoms with Crippen molar-refractivity contribution in [2.45, 2.75) is 65.6 Å². The first-order valence-corrected chi connectivity index (χ1v) is 12.4. The monoisotopic (exact) mass is 490 g/mol. The van der Waals surface area contributed by atoms with Crippen LogP contribution in [0.25, 0.3) is 0 Å². The minimum Gasteiger partial charge on any atom is -0.350 e. The molecule has 0 heterocycles. The third kappa shape index (κ3) is 7.97. The van der Waals surface area contributed by atoms with Crippen molar-refractivity contribution in [1.82, 2.24) is 10.2 Å². The smallest absolute Gasteiger partial charge is 0.243 e. The highest BCUT2D eigenvalue weighted by Gasteiger charge is 2.32. The number of carbonyl (C=O) groups excluding carboxylic acids is 2. The summed E-state index contributed by atoms with van der Waals surface area (Å²) in [5.74, 6) is -0.247. The quantitative estimate of drug-likeness (QED) is 0.417. The Morgan fingerprint density at radius 2 is 1.57 bits per heavy atom. The molecule has 35 heavy (non-hydrogen) atoms. The number of benzene rings is 3. The summed E-state index contributed by atoms with van der Waals surface area (Å²) >= 11 is 6.10. The highest BCUT2D eigenvalue weighted by molar-refractivity contribution is 6.30. The van der Waals surface area contributed by atoms with Crippen molar-refractivity contribution in [3.63, 3.8) is 0 Å². The Labute approximate surface area is 214 Å². The van der Waals surface area contributed by atoms with Gasteiger partial charge in [0.2, 0.25) is 11.8 Å². The second-order valence-corrected chi connectivity index (χ2v) is 10.6. The van der Waals surface area contributed by atoms with Gasteiger partial charge in [-0.1, -0.05) is 77.8 Å². The molecule has 3 rings (SSSR count). The molecule has 0 radical (unpaired) electrons. The van der Waals surface area contributed by atoms with Gasteiger partial charge in [-0.25, -0.2) is 0 Å². The van der Waals surface area contributed by atoms with E-state index in [0.29, 0.717) is 18.0 Å². The van der Waals surface area contributed by atoms with Gasteiger partial charge in [-0.3, -0.25) is 9.59 Å². The molecule has 0 aliphatic heterocycles. The lowest BCUT2D eigenvalue weighted by molar-refractivity contribution is -0.141. The minimum atomic E-state index is -0.662. The van der Waals surface area contributed by atoms with Crippen LogP contribution in [0.4, 0.5) is 0 Å². The molecule has 3 aromatic carbocycles. The van der Waals surface area contributed by atoms with Crippen LogP contribution in [0.15, 0.2) is 72.8 Å². The summed E-state index contributed by atoms with van der Waals surface area (Å²) in [6, 6.07) is 22.7. The molecule has 0 fully saturated rings. The highest BCUT2D eigenvalue weighted by Crippen LogP contribution is 2.20. The maximum Gasteiger partial charge on any atom is 0.243 e. The van der Waals surface area contributed by atoms with E-state index in [1.165, 1.54) is 0 Å². The third-order valence-electron chi connectivity index (χ3n) is 5.88. The minimum absolute atomic E-state index is 0.0846. The Balaban J connectivity index is 2.01. The van der Waals surface area contributed by atoms with Gasteiger partial charge in [0.15, 0.2) is 0 Å². The number of hydrogen-bond acceptors (Lipinski definition) is 2. The first kappa shape index (κ1) is 26.5. The number of nitrogens with one attached hydrogen (secondary N) is 1. The molecule has 0 aliphatic carbocycles. The van der Waals surface area contributed by atoms with Crippen LogP contribution in [0.5, 0.6) is 0 Å². The van der Waals surface area contributed by atoms with Crippen LogP contribution in [0.3, 0.4) is 0 Å². The number of aryl methyl sites for hydroxylation is 2. The first-order valence-electron chi connectivity index (χ1n) is 12.0. The van der Waals surface area contributed by atoms with E-state index in [2.05, 4.69) is 11.4 Å². The van der Waals surface area contributed by atoms with E-state index in [0.717, 1.165) is 27.8 Å². The van der Waals surface area contributed by atoms with Crippen LogP contribution in [-0.4, -0.2) is 28.3 Å². The number of hydrogen-bond donors (Lipinski definition) is 1. The van der Waals surface area contributed by atoms with E-state index in [1.54, 1.807) is 4.90 Å². The maximum absolute atomic E-state index is 13.9. The summed E-state index contributed by atoms with van der Waals surface area (Å²) in [5.41, 5.74) is 4.65. The topological polar surface area (TPSA) is 49.4 Å². The number of halogens is 1. The van der Waals surface area contributed by atoms with Crippen LogP contribution in [0.2, 0.25) is 5.02 Å². The van der Waals surface area contributed by atoms with Crippen molar-refractivity contribution < 1.29 is 9.59 Å². The summed E-state index contributed by atoms with van der Waals surface area (Å²) in [5, 5.41) is 3.73. The van der Waals surface area contributed by atoms with Gasteiger partial charge in [-0.05, 0) is 69.0 Å². The second-order valence-electron chi connectivity index (χ2n) is 10.2. The third-order valence-corrected chi connectivity index (χ3v) is 6.13. The lowest BCUT2D eigenvalue weighted by Crippen LogP contribution is -2.54. The summed E-state index contributed by atoms with van der Waals surface area (Å²) in [6.07, 6.45) is 0.657. The predicted octanol–water partition coefficient (Wildman–Crippen LogP) is 6.05. The number of carbonyl (C=O) groups is 2. The lowest BCUT2D eigenvalue weighted by Gasteiger charge is -2.34. The van der Waals surface area contributed by atoms with Gasteiger partial charge >= 0.3 is 0 Å². The normalized spacial score (nSPS) is 12.2. The SMILES string of the molecule is Cc1ccc(C)c(CC(=O)N(Cc2ccc(Cl)cc2)[C@@H](Cc2ccccc2)C(=O)NC(C)(C)C)c1. The lowest BCUT2D eigenvalue weighted by atomic mass is 9.98. The number of rotatable bonds is 8. The van der Waals surface area contributed by atoms with Gasteiger partial charge in [0.25, 0.3) is 0 Å². The largest absolute Gasteiger partial charge is 0.350 e. The molecule has 1 atom stereocenters. The zero-order chi connectivity index (χ0) is 25.6. The summed E-state index contributed by atoms with van der Waals surface area (Å²) in [7, 11) is 0. The molecule has 184 valence electrons. The van der Waals surface area contributed by atoms with Crippen LogP contribution in [-0.2, 0) is 29.0 Å². The number of amides is 2. The van der Waals surface area contributed by atoms with Gasteiger partial charge < -0.3 is 10.2 Å². The maximum atomic E-state index is 13.9. The molecule has 5 heteroatoms. The fourth-order valence-corrected chi connectivity index (χ4v) is 4.17. The van der Waals surface area contributed by atoms with Crippen molar-refractivity contribution in [3.8, 4) is 0 Å². The van der Waals surface area contributed by atoms with Crippen LogP contribution >= 0.6 is 11.6 Å². The summed E-state index contributed by atoms with van der Waals surface area (Å²) < 4.78 is 0. The van der Waals surface area contributed by atoms with E-state index in [1.807, 2.05) is 101 Å². The van der Waals surface area contributed by atoms with Crippen molar-refractivity contribution in [1.29, 1.82) is 0 Å². The Morgan fingerprint density at radius 3 is 2.20 bits per heavy atom. The Kier molecular flexibility index (Phi) is 8.74. The molecule has 4 nitrogen and oxygen atoms in total. The Bertz CT molecular complexity index is 1150. The molecule has 0 bridgehead atoms. The fraction of sp³-hybridized carbons (Fsp3) is 0.333. The van der Waals surface area contributed by atoms with E-state index in [9.17, 15) is 9.59 Å². The zero-order valence-corrected chi connectivity index (χ0v) is 22.0. The van der Waals surface area contributed by atoms with Crippen LogP contribution < -0.4 is 5.32 Å². The van der Waals surface area contributed by atoms with E-state index >= 15 is 0 Å². The molecule has 0 spiro atoms. The molecule has 0 saturated carbocycles. The van der Waals surface area contributed by atoms with Crippen LogP contribution in [0.1, 0.15) is 48.6 Å². The molecule has 3 aromatic rings. The van der Waals surface area contributed by atoms with Gasteiger partial charge in [-0.2, -0.15) is 0 Å². The van der Waals surface area contributed by atoms with Crippen LogP contribution in [0, 0.1) is 13.8 Å². The van der Waals surface area contributed by atoms with Gasteiger partial charge in [-0.15, -0.1) is 0 Å². The van der Waals surface area contributed by atoms with Gasteiger partial charge in [0.1, 0.15) is 6.04 Å². The van der Waals surface area contributed by atoms with Crippen molar-refractivity contribution in [2.75, 3.05) is 0 Å². The summed E-state index contributed by atoms with van der Waals surface area (Å²) in [4.78, 5) is 29.2. The Hall–Kier alpha value is -3.11. The zero-order valence-electron chi connectivity index (χ0n) is 21.3. The average molecular weight is 491 g/mol. The summed E-state index contributed by atoms with van der Waals surface area (Å²) in [6.45, 7) is 10.2. The van der Waals surface area contributed by atoms with E-state index < -0.39 is 11.6 Å². The first-order chi connectivity index (χ1) is 16.5. The van der Waals surface area contributed by atoms with Crippen molar-refractivity contribution in [3.05, 3.63) is 106 Å². The molecular formula is C30H35ClN2O2. The van der Waals surface area contributed by atoms with E-state index in [-0.39, 0.29) is 18.2 Å². The second kappa shape index (κ2) is 11.5. The van der Waals surface area contributed by atoms with E-state index in [4.69, 9.17) is 11.6 Å². The van der Waals surface area contributed by atoms with Crippen molar-refractivity contribution >= 4 is 23.4 Å². The van der Waals surface area contributed by atoms with Crippen molar-refractivity contribution in [2.24, 2.45) is 0 Å². The highest BCUT2D eigenvalue weighted by atomic mass is 35.5. The van der Waals surface area contributed by atoms with Gasteiger partial charge in [0, 0.05) is 23.5 Å². The predicted molar refractivity (Wildman–Crippen MR) is 143 cm³/mol. The molecule has 0 aromatic heterocycles. The molecule has 0 saturated heterocycles.